The Morgan fingerprint density at radius 1 is 1.16 bits per heavy atom. The SMILES string of the molecule is CC(NC(=O)c1cc2nc(Nc3c(Cl)ccc(CNC(=O)C(C)(C)C)c3Cl)n(C)c2cc1O)C(F)(F)F. The number of alkyl halides is 3. The molecule has 1 aromatic heterocycles. The molecule has 0 saturated heterocycles. The van der Waals surface area contributed by atoms with Crippen LogP contribution in [-0.2, 0) is 18.4 Å². The van der Waals surface area contributed by atoms with E-state index < -0.39 is 29.3 Å². The Kier molecular flexibility index (Phi) is 7.90. The van der Waals surface area contributed by atoms with Gasteiger partial charge in [-0.05, 0) is 24.6 Å². The number of fused-ring (bicyclic) bond motifs is 1. The molecule has 2 amide bonds. The fourth-order valence-corrected chi connectivity index (χ4v) is 3.81. The van der Waals surface area contributed by atoms with Crippen LogP contribution in [0.1, 0.15) is 43.6 Å². The van der Waals surface area contributed by atoms with Gasteiger partial charge in [0.2, 0.25) is 11.9 Å². The van der Waals surface area contributed by atoms with Crippen LogP contribution in [0.2, 0.25) is 10.0 Å². The van der Waals surface area contributed by atoms with E-state index in [1.54, 1.807) is 44.5 Å². The number of benzene rings is 2. The Hall–Kier alpha value is -3.18. The Morgan fingerprint density at radius 2 is 1.81 bits per heavy atom. The van der Waals surface area contributed by atoms with Crippen LogP contribution in [0.15, 0.2) is 24.3 Å². The Bertz CT molecular complexity index is 1370. The lowest BCUT2D eigenvalue weighted by Gasteiger charge is -2.19. The fourth-order valence-electron chi connectivity index (χ4n) is 3.28. The van der Waals surface area contributed by atoms with Gasteiger partial charge < -0.3 is 25.6 Å². The third-order valence-electron chi connectivity index (χ3n) is 5.61. The lowest BCUT2D eigenvalue weighted by atomic mass is 9.95. The highest BCUT2D eigenvalue weighted by Crippen LogP contribution is 2.36. The van der Waals surface area contributed by atoms with E-state index in [9.17, 15) is 27.9 Å². The first-order chi connectivity index (χ1) is 17.0. The monoisotopic (exact) mass is 559 g/mol. The molecule has 4 N–H and O–H groups in total. The van der Waals surface area contributed by atoms with Gasteiger partial charge in [-0.15, -0.1) is 0 Å². The second-order valence-corrected chi connectivity index (χ2v) is 10.3. The first-order valence-corrected chi connectivity index (χ1v) is 11.9. The van der Waals surface area contributed by atoms with Gasteiger partial charge in [-0.1, -0.05) is 50.0 Å². The van der Waals surface area contributed by atoms with E-state index in [2.05, 4.69) is 15.6 Å². The summed E-state index contributed by atoms with van der Waals surface area (Å²) in [5.41, 5.74) is 0.584. The standard InChI is InChI=1S/C24H26Cl2F3N5O3/c1-11(24(27,28)29)31-20(36)13-8-15-16(9-17(13)35)34(5)22(32-15)33-19-14(25)7-6-12(18(19)26)10-30-21(37)23(2,3)4/h6-9,11,35H,10H2,1-5H3,(H,30,37)(H,31,36)(H,32,33). The van der Waals surface area contributed by atoms with Crippen molar-refractivity contribution in [3.63, 3.8) is 0 Å². The molecule has 1 unspecified atom stereocenters. The van der Waals surface area contributed by atoms with Crippen LogP contribution in [0.4, 0.5) is 24.8 Å². The molecule has 0 fully saturated rings. The minimum Gasteiger partial charge on any atom is -0.507 e. The third-order valence-corrected chi connectivity index (χ3v) is 6.36. The molecule has 1 heterocycles. The molecule has 1 atom stereocenters. The Balaban J connectivity index is 1.91. The molecule has 0 spiro atoms. The number of nitrogens with zero attached hydrogens (tertiary/aromatic N) is 2. The van der Waals surface area contributed by atoms with Crippen molar-refractivity contribution in [2.24, 2.45) is 12.5 Å². The largest absolute Gasteiger partial charge is 0.507 e. The van der Waals surface area contributed by atoms with Crippen molar-refractivity contribution in [1.82, 2.24) is 20.2 Å². The number of nitrogens with one attached hydrogen (secondary N) is 3. The van der Waals surface area contributed by atoms with Crippen LogP contribution in [0.25, 0.3) is 11.0 Å². The van der Waals surface area contributed by atoms with E-state index >= 15 is 0 Å². The van der Waals surface area contributed by atoms with Gasteiger partial charge >= 0.3 is 6.18 Å². The number of aromatic hydroxyl groups is 1. The summed E-state index contributed by atoms with van der Waals surface area (Å²) < 4.78 is 40.0. The Labute approximate surface area is 221 Å². The normalized spacial score (nSPS) is 12.9. The molecule has 13 heteroatoms. The van der Waals surface area contributed by atoms with Crippen LogP contribution < -0.4 is 16.0 Å². The topological polar surface area (TPSA) is 108 Å². The van der Waals surface area contributed by atoms with Gasteiger partial charge in [-0.25, -0.2) is 4.98 Å². The van der Waals surface area contributed by atoms with E-state index in [1.807, 2.05) is 5.32 Å². The van der Waals surface area contributed by atoms with E-state index in [0.717, 1.165) is 6.92 Å². The summed E-state index contributed by atoms with van der Waals surface area (Å²) in [6.45, 7) is 6.31. The van der Waals surface area contributed by atoms with E-state index in [4.69, 9.17) is 23.2 Å². The highest BCUT2D eigenvalue weighted by atomic mass is 35.5. The van der Waals surface area contributed by atoms with Crippen molar-refractivity contribution in [2.45, 2.75) is 46.5 Å². The molecule has 0 saturated carbocycles. The summed E-state index contributed by atoms with van der Waals surface area (Å²) in [4.78, 5) is 29.0. The van der Waals surface area contributed by atoms with Gasteiger partial charge in [0.05, 0.1) is 32.3 Å². The number of phenolic OH excluding ortho intramolecular Hbond substituents is 1. The summed E-state index contributed by atoms with van der Waals surface area (Å²) in [6.07, 6.45) is -4.64. The van der Waals surface area contributed by atoms with Crippen molar-refractivity contribution >= 4 is 57.7 Å². The van der Waals surface area contributed by atoms with Crippen molar-refractivity contribution < 1.29 is 27.9 Å². The summed E-state index contributed by atoms with van der Waals surface area (Å²) in [6, 6.07) is 3.59. The molecule has 0 aliphatic carbocycles. The zero-order valence-electron chi connectivity index (χ0n) is 20.6. The number of rotatable bonds is 6. The molecule has 200 valence electrons. The predicted molar refractivity (Wildman–Crippen MR) is 136 cm³/mol. The van der Waals surface area contributed by atoms with Crippen molar-refractivity contribution in [3.8, 4) is 5.75 Å². The first-order valence-electron chi connectivity index (χ1n) is 11.1. The molecule has 3 rings (SSSR count). The van der Waals surface area contributed by atoms with Gasteiger partial charge in [-0.2, -0.15) is 13.2 Å². The van der Waals surface area contributed by atoms with Crippen LogP contribution in [0, 0.1) is 5.41 Å². The number of carbonyl (C=O) groups excluding carboxylic acids is 2. The number of anilines is 2. The molecule has 0 aliphatic heterocycles. The Morgan fingerprint density at radius 3 is 2.41 bits per heavy atom. The molecule has 0 radical (unpaired) electrons. The lowest BCUT2D eigenvalue weighted by molar-refractivity contribution is -0.149. The number of hydrogen-bond acceptors (Lipinski definition) is 5. The summed E-state index contributed by atoms with van der Waals surface area (Å²) in [5, 5.41) is 18.5. The van der Waals surface area contributed by atoms with Gasteiger partial charge in [0.1, 0.15) is 11.8 Å². The minimum atomic E-state index is -4.64. The van der Waals surface area contributed by atoms with Gasteiger partial charge in [-0.3, -0.25) is 9.59 Å². The second kappa shape index (κ2) is 10.3. The molecule has 37 heavy (non-hydrogen) atoms. The molecular weight excluding hydrogens is 534 g/mol. The van der Waals surface area contributed by atoms with Crippen LogP contribution in [-0.4, -0.2) is 38.7 Å². The average molecular weight is 560 g/mol. The van der Waals surface area contributed by atoms with E-state index in [0.29, 0.717) is 16.8 Å². The van der Waals surface area contributed by atoms with Crippen molar-refractivity contribution in [1.29, 1.82) is 0 Å². The van der Waals surface area contributed by atoms with Gasteiger partial charge in [0.15, 0.2) is 0 Å². The second-order valence-electron chi connectivity index (χ2n) is 9.54. The fraction of sp³-hybridized carbons (Fsp3) is 0.375. The maximum atomic E-state index is 12.8. The first kappa shape index (κ1) is 28.4. The molecule has 8 nitrogen and oxygen atoms in total. The van der Waals surface area contributed by atoms with Gasteiger partial charge in [0.25, 0.3) is 5.91 Å². The highest BCUT2D eigenvalue weighted by molar-refractivity contribution is 6.39. The number of carbonyl (C=O) groups is 2. The number of phenols is 1. The molecular formula is C24H26Cl2F3N5O3. The number of imidazole rings is 1. The number of aromatic nitrogens is 2. The molecule has 0 bridgehead atoms. The maximum absolute atomic E-state index is 12.8. The van der Waals surface area contributed by atoms with E-state index in [1.165, 1.54) is 12.1 Å². The summed E-state index contributed by atoms with van der Waals surface area (Å²) >= 11 is 12.9. The number of amides is 2. The lowest BCUT2D eigenvalue weighted by Crippen LogP contribution is -2.43. The smallest absolute Gasteiger partial charge is 0.408 e. The van der Waals surface area contributed by atoms with Gasteiger partial charge in [0, 0.05) is 25.1 Å². The zero-order chi connectivity index (χ0) is 27.9. The molecule has 2 aromatic carbocycles. The molecule has 0 aliphatic rings. The number of halogens is 5. The van der Waals surface area contributed by atoms with Crippen LogP contribution in [0.5, 0.6) is 5.75 Å². The molecule has 3 aromatic rings. The minimum absolute atomic E-state index is 0.159. The van der Waals surface area contributed by atoms with Crippen LogP contribution >= 0.6 is 23.2 Å². The van der Waals surface area contributed by atoms with E-state index in [-0.39, 0.29) is 39.5 Å². The third kappa shape index (κ3) is 6.22. The van der Waals surface area contributed by atoms with Crippen molar-refractivity contribution in [2.75, 3.05) is 5.32 Å². The van der Waals surface area contributed by atoms with Crippen LogP contribution in [0.3, 0.4) is 0 Å². The number of hydrogen-bond donors (Lipinski definition) is 4. The average Bonchev–Trinajstić information content (AvgIpc) is 3.08. The van der Waals surface area contributed by atoms with Crippen molar-refractivity contribution in [3.05, 3.63) is 45.4 Å². The maximum Gasteiger partial charge on any atom is 0.408 e. The number of aryl methyl sites for hydroxylation is 1. The quantitative estimate of drug-likeness (QED) is 0.311. The highest BCUT2D eigenvalue weighted by Gasteiger charge is 2.37. The summed E-state index contributed by atoms with van der Waals surface area (Å²) in [7, 11) is 1.62. The summed E-state index contributed by atoms with van der Waals surface area (Å²) in [5.74, 6) is -1.54. The zero-order valence-corrected chi connectivity index (χ0v) is 22.2. The predicted octanol–water partition coefficient (Wildman–Crippen LogP) is 5.67.